The number of carbonyl (C=O) groups excluding carboxylic acids is 1. The second kappa shape index (κ2) is 17.3. The topological polar surface area (TPSA) is 137 Å². The van der Waals surface area contributed by atoms with Gasteiger partial charge in [-0.2, -0.15) is 4.98 Å². The summed E-state index contributed by atoms with van der Waals surface area (Å²) in [5.74, 6) is -0.321. The monoisotopic (exact) mass is 507 g/mol. The maximum Gasteiger partial charge on any atom is 0.351 e. The third-order valence-corrected chi connectivity index (χ3v) is 6.51. The predicted molar refractivity (Wildman–Crippen MR) is 139 cm³/mol. The first-order chi connectivity index (χ1) is 17.4. The van der Waals surface area contributed by atoms with Gasteiger partial charge in [-0.1, -0.05) is 70.4 Å². The van der Waals surface area contributed by atoms with Crippen LogP contribution in [-0.4, -0.2) is 50.7 Å². The molecule has 1 unspecified atom stereocenters. The molecule has 0 aliphatic carbocycles. The van der Waals surface area contributed by atoms with Gasteiger partial charge in [-0.05, 0) is 38.2 Å². The van der Waals surface area contributed by atoms with E-state index in [1.165, 1.54) is 63.6 Å². The number of aliphatic hydroxyl groups is 2. The lowest BCUT2D eigenvalue weighted by Crippen LogP contribution is -2.36. The van der Waals surface area contributed by atoms with Gasteiger partial charge in [-0.15, -0.1) is 0 Å². The lowest BCUT2D eigenvalue weighted by Gasteiger charge is -2.16. The lowest BCUT2D eigenvalue weighted by molar-refractivity contribution is -0.150. The minimum Gasteiger partial charge on any atom is -0.463 e. The number of ether oxygens (including phenoxy) is 2. The van der Waals surface area contributed by atoms with Crippen molar-refractivity contribution in [2.45, 2.75) is 121 Å². The van der Waals surface area contributed by atoms with E-state index in [-0.39, 0.29) is 18.4 Å². The highest BCUT2D eigenvalue weighted by atomic mass is 16.6. The Balaban J connectivity index is 1.50. The van der Waals surface area contributed by atoms with Crippen molar-refractivity contribution >= 4 is 11.8 Å². The number of hydrogen-bond donors (Lipinski definition) is 3. The summed E-state index contributed by atoms with van der Waals surface area (Å²) in [7, 11) is 0. The van der Waals surface area contributed by atoms with Crippen molar-refractivity contribution in [1.29, 1.82) is 0 Å². The molecule has 0 radical (unpaired) electrons. The Morgan fingerprint density at radius 1 is 1.03 bits per heavy atom. The summed E-state index contributed by atoms with van der Waals surface area (Å²) in [6.45, 7) is 2.05. The number of aromatic nitrogens is 2. The summed E-state index contributed by atoms with van der Waals surface area (Å²) >= 11 is 0. The molecular weight excluding hydrogens is 462 g/mol. The van der Waals surface area contributed by atoms with Gasteiger partial charge in [0.25, 0.3) is 0 Å². The first kappa shape index (κ1) is 30.0. The van der Waals surface area contributed by atoms with Gasteiger partial charge in [-0.3, -0.25) is 9.36 Å². The van der Waals surface area contributed by atoms with Gasteiger partial charge in [-0.25, -0.2) is 4.79 Å². The normalized spacial score (nSPS) is 21.9. The zero-order valence-corrected chi connectivity index (χ0v) is 21.7. The second-order valence-electron chi connectivity index (χ2n) is 9.61. The van der Waals surface area contributed by atoms with E-state index < -0.39 is 30.2 Å². The predicted octanol–water partition coefficient (Wildman–Crippen LogP) is 4.03. The highest BCUT2D eigenvalue weighted by Gasteiger charge is 2.44. The third-order valence-electron chi connectivity index (χ3n) is 6.51. The molecule has 1 saturated heterocycles. The van der Waals surface area contributed by atoms with E-state index in [1.54, 1.807) is 0 Å². The Morgan fingerprint density at radius 3 is 2.28 bits per heavy atom. The number of nitrogens with zero attached hydrogens (tertiary/aromatic N) is 2. The average molecular weight is 508 g/mol. The molecule has 1 fully saturated rings. The summed E-state index contributed by atoms with van der Waals surface area (Å²) in [5.41, 5.74) is 4.77. The van der Waals surface area contributed by atoms with E-state index in [1.807, 2.05) is 0 Å². The van der Waals surface area contributed by atoms with Crippen LogP contribution in [0.5, 0.6) is 0 Å². The number of aliphatic hydroxyl groups excluding tert-OH is 2. The molecule has 9 nitrogen and oxygen atoms in total. The SMILES string of the molecule is CCCCCCCC/C=C/CCCCCCCC(=O)OC[C@H]1OC(n2ccc(N)nc2=O)[C@H](O)[C@H]1O. The number of anilines is 1. The van der Waals surface area contributed by atoms with Crippen LogP contribution in [-0.2, 0) is 14.3 Å². The largest absolute Gasteiger partial charge is 0.463 e. The minimum absolute atomic E-state index is 0.0467. The third kappa shape index (κ3) is 10.8. The molecule has 0 saturated carbocycles. The molecule has 0 amide bonds. The Bertz CT molecular complexity index is 843. The number of nitrogens with two attached hydrogens (primary N) is 1. The van der Waals surface area contributed by atoms with Crippen LogP contribution in [0.3, 0.4) is 0 Å². The van der Waals surface area contributed by atoms with Crippen molar-refractivity contribution in [3.63, 3.8) is 0 Å². The van der Waals surface area contributed by atoms with E-state index in [4.69, 9.17) is 15.2 Å². The van der Waals surface area contributed by atoms with E-state index in [9.17, 15) is 19.8 Å². The highest BCUT2D eigenvalue weighted by Crippen LogP contribution is 2.28. The maximum absolute atomic E-state index is 12.1. The van der Waals surface area contributed by atoms with Crippen LogP contribution >= 0.6 is 0 Å². The van der Waals surface area contributed by atoms with Gasteiger partial charge < -0.3 is 25.4 Å². The molecule has 1 aromatic heterocycles. The van der Waals surface area contributed by atoms with Gasteiger partial charge in [0.2, 0.25) is 0 Å². The summed E-state index contributed by atoms with van der Waals surface area (Å²) in [4.78, 5) is 27.6. The number of nitrogen functional groups attached to an aromatic ring is 1. The minimum atomic E-state index is -1.36. The second-order valence-corrected chi connectivity index (χ2v) is 9.61. The molecule has 0 bridgehead atoms. The summed E-state index contributed by atoms with van der Waals surface area (Å²) in [6, 6.07) is 1.39. The molecule has 2 heterocycles. The van der Waals surface area contributed by atoms with Crippen molar-refractivity contribution in [2.75, 3.05) is 12.3 Å². The van der Waals surface area contributed by atoms with Crippen LogP contribution in [0.2, 0.25) is 0 Å². The molecule has 4 N–H and O–H groups in total. The first-order valence-electron chi connectivity index (χ1n) is 13.6. The van der Waals surface area contributed by atoms with Crippen molar-refractivity contribution < 1.29 is 24.5 Å². The number of hydrogen-bond acceptors (Lipinski definition) is 8. The van der Waals surface area contributed by atoms with Crippen LogP contribution in [0.25, 0.3) is 0 Å². The summed E-state index contributed by atoms with van der Waals surface area (Å²) < 4.78 is 11.9. The van der Waals surface area contributed by atoms with E-state index >= 15 is 0 Å². The molecule has 1 aromatic rings. The number of unbranched alkanes of at least 4 members (excludes halogenated alkanes) is 11. The van der Waals surface area contributed by atoms with Gasteiger partial charge in [0.1, 0.15) is 30.7 Å². The van der Waals surface area contributed by atoms with Crippen molar-refractivity contribution in [1.82, 2.24) is 9.55 Å². The molecule has 0 spiro atoms. The standard InChI is InChI=1S/C27H45N3O6/c1-2-3-4-5-6-7-8-9-10-11-12-13-14-15-16-17-23(31)35-20-21-24(32)25(33)26(36-21)30-19-18-22(28)29-27(30)34/h9-10,18-19,21,24-26,32-33H,2-8,11-17,20H2,1H3,(H2,28,29,34)/b10-9+/t21-,24+,25-,26?/m1/s1. The number of allylic oxidation sites excluding steroid dienone is 2. The zero-order chi connectivity index (χ0) is 26.2. The van der Waals surface area contributed by atoms with Crippen LogP contribution in [0.1, 0.15) is 103 Å². The zero-order valence-electron chi connectivity index (χ0n) is 21.7. The first-order valence-corrected chi connectivity index (χ1v) is 13.6. The lowest BCUT2D eigenvalue weighted by atomic mass is 10.1. The fourth-order valence-corrected chi connectivity index (χ4v) is 4.30. The van der Waals surface area contributed by atoms with Gasteiger partial charge in [0, 0.05) is 12.6 Å². The Hall–Kier alpha value is -2.23. The number of esters is 1. The van der Waals surface area contributed by atoms with Crippen molar-refractivity contribution in [3.05, 3.63) is 34.9 Å². The van der Waals surface area contributed by atoms with Gasteiger partial charge in [0.15, 0.2) is 6.23 Å². The van der Waals surface area contributed by atoms with E-state index in [0.29, 0.717) is 6.42 Å². The fraction of sp³-hybridized carbons (Fsp3) is 0.741. The Kier molecular flexibility index (Phi) is 14.4. The molecule has 2 rings (SSSR count). The molecule has 1 aliphatic rings. The molecular formula is C27H45N3O6. The number of rotatable bonds is 18. The maximum atomic E-state index is 12.1. The average Bonchev–Trinajstić information content (AvgIpc) is 3.13. The van der Waals surface area contributed by atoms with Crippen molar-refractivity contribution in [3.8, 4) is 0 Å². The van der Waals surface area contributed by atoms with E-state index in [2.05, 4.69) is 24.1 Å². The molecule has 204 valence electrons. The molecule has 1 aliphatic heterocycles. The summed E-state index contributed by atoms with van der Waals surface area (Å²) in [5, 5.41) is 20.5. The highest BCUT2D eigenvalue weighted by molar-refractivity contribution is 5.69. The van der Waals surface area contributed by atoms with E-state index in [0.717, 1.165) is 36.7 Å². The van der Waals surface area contributed by atoms with Crippen LogP contribution in [0, 0.1) is 0 Å². The van der Waals surface area contributed by atoms with Gasteiger partial charge in [0.05, 0.1) is 0 Å². The van der Waals surface area contributed by atoms with Crippen LogP contribution in [0.4, 0.5) is 5.82 Å². The molecule has 36 heavy (non-hydrogen) atoms. The fourth-order valence-electron chi connectivity index (χ4n) is 4.30. The van der Waals surface area contributed by atoms with Crippen molar-refractivity contribution in [2.24, 2.45) is 0 Å². The molecule has 0 aromatic carbocycles. The smallest absolute Gasteiger partial charge is 0.351 e. The quantitative estimate of drug-likeness (QED) is 0.154. The summed E-state index contributed by atoms with van der Waals surface area (Å²) in [6.07, 6.45) is 17.0. The Labute approximate surface area is 214 Å². The van der Waals surface area contributed by atoms with Crippen LogP contribution < -0.4 is 11.4 Å². The Morgan fingerprint density at radius 2 is 1.64 bits per heavy atom. The number of carbonyl (C=O) groups is 1. The van der Waals surface area contributed by atoms with Crippen LogP contribution in [0.15, 0.2) is 29.2 Å². The molecule has 4 atom stereocenters. The molecule has 9 heteroatoms. The van der Waals surface area contributed by atoms with Gasteiger partial charge >= 0.3 is 11.7 Å².